The van der Waals surface area contributed by atoms with Crippen LogP contribution in [0.25, 0.3) is 22.4 Å². The quantitative estimate of drug-likeness (QED) is 0.726. The lowest BCUT2D eigenvalue weighted by molar-refractivity contribution is 0.0996. The summed E-state index contributed by atoms with van der Waals surface area (Å²) in [7, 11) is 0. The van der Waals surface area contributed by atoms with E-state index in [1.807, 2.05) is 30.5 Å². The van der Waals surface area contributed by atoms with Gasteiger partial charge in [-0.25, -0.2) is 0 Å². The zero-order valence-corrected chi connectivity index (χ0v) is 12.7. The van der Waals surface area contributed by atoms with Crippen LogP contribution in [0.3, 0.4) is 0 Å². The standard InChI is InChI=1S/C16H14N4OS/c1-22-11-8-6-10(7-9-11)12-4-2-3-5-13(12)14-15(16(17)21)19-20-18-14/h2-9H,1H3,(H2,17,21)(H,18,19,20). The third kappa shape index (κ3) is 2.60. The molecule has 3 N–H and O–H groups in total. The molecule has 110 valence electrons. The Hall–Kier alpha value is -2.60. The van der Waals surface area contributed by atoms with Gasteiger partial charge in [0.25, 0.3) is 5.91 Å². The summed E-state index contributed by atoms with van der Waals surface area (Å²) in [5.41, 5.74) is 8.82. The maximum Gasteiger partial charge on any atom is 0.271 e. The summed E-state index contributed by atoms with van der Waals surface area (Å²) in [6.07, 6.45) is 2.04. The molecule has 0 unspecified atom stereocenters. The molecule has 1 aromatic heterocycles. The predicted molar refractivity (Wildman–Crippen MR) is 87.6 cm³/mol. The second-order valence-corrected chi connectivity index (χ2v) is 5.54. The highest BCUT2D eigenvalue weighted by molar-refractivity contribution is 7.98. The number of benzene rings is 2. The summed E-state index contributed by atoms with van der Waals surface area (Å²) < 4.78 is 0. The van der Waals surface area contributed by atoms with Crippen LogP contribution >= 0.6 is 11.8 Å². The van der Waals surface area contributed by atoms with E-state index in [1.165, 1.54) is 4.90 Å². The molecule has 0 atom stereocenters. The van der Waals surface area contributed by atoms with E-state index in [-0.39, 0.29) is 5.69 Å². The number of aromatic nitrogens is 3. The average Bonchev–Trinajstić information content (AvgIpc) is 3.05. The Morgan fingerprint density at radius 3 is 2.36 bits per heavy atom. The van der Waals surface area contributed by atoms with Gasteiger partial charge >= 0.3 is 0 Å². The topological polar surface area (TPSA) is 84.7 Å². The molecule has 0 saturated heterocycles. The number of carbonyl (C=O) groups excluding carboxylic acids is 1. The third-order valence-corrected chi connectivity index (χ3v) is 4.11. The van der Waals surface area contributed by atoms with Gasteiger partial charge in [-0.05, 0) is 29.5 Å². The molecule has 1 amide bonds. The molecule has 0 bridgehead atoms. The van der Waals surface area contributed by atoms with Gasteiger partial charge in [0, 0.05) is 10.5 Å². The number of hydrogen-bond donors (Lipinski definition) is 2. The monoisotopic (exact) mass is 310 g/mol. The van der Waals surface area contributed by atoms with Crippen molar-refractivity contribution in [1.29, 1.82) is 0 Å². The number of rotatable bonds is 4. The van der Waals surface area contributed by atoms with E-state index in [9.17, 15) is 4.79 Å². The molecule has 0 aliphatic rings. The molecule has 5 nitrogen and oxygen atoms in total. The molecule has 0 spiro atoms. The average molecular weight is 310 g/mol. The van der Waals surface area contributed by atoms with Gasteiger partial charge in [0.1, 0.15) is 5.69 Å². The normalized spacial score (nSPS) is 10.6. The van der Waals surface area contributed by atoms with E-state index in [0.717, 1.165) is 16.7 Å². The molecule has 0 fully saturated rings. The van der Waals surface area contributed by atoms with Crippen molar-refractivity contribution in [3.63, 3.8) is 0 Å². The minimum absolute atomic E-state index is 0.146. The summed E-state index contributed by atoms with van der Waals surface area (Å²) in [5, 5.41) is 10.4. The third-order valence-electron chi connectivity index (χ3n) is 3.36. The Balaban J connectivity index is 2.13. The van der Waals surface area contributed by atoms with Gasteiger partial charge in [-0.3, -0.25) is 4.79 Å². The number of hydrogen-bond acceptors (Lipinski definition) is 4. The first-order valence-corrected chi connectivity index (χ1v) is 7.87. The van der Waals surface area contributed by atoms with Crippen molar-refractivity contribution in [2.24, 2.45) is 5.73 Å². The molecule has 0 radical (unpaired) electrons. The molecule has 0 saturated carbocycles. The van der Waals surface area contributed by atoms with Gasteiger partial charge in [-0.15, -0.1) is 11.8 Å². The Labute approximate surface area is 131 Å². The summed E-state index contributed by atoms with van der Waals surface area (Å²) in [6.45, 7) is 0. The Morgan fingerprint density at radius 1 is 1.05 bits per heavy atom. The zero-order chi connectivity index (χ0) is 15.5. The van der Waals surface area contributed by atoms with E-state index >= 15 is 0 Å². The molecule has 0 aliphatic heterocycles. The van der Waals surface area contributed by atoms with Crippen LogP contribution in [0.4, 0.5) is 0 Å². The van der Waals surface area contributed by atoms with E-state index in [0.29, 0.717) is 5.69 Å². The number of aromatic amines is 1. The smallest absolute Gasteiger partial charge is 0.271 e. The van der Waals surface area contributed by atoms with E-state index in [2.05, 4.69) is 39.7 Å². The first kappa shape index (κ1) is 14.3. The Kier molecular flexibility index (Phi) is 3.93. The number of nitrogens with one attached hydrogen (secondary N) is 1. The van der Waals surface area contributed by atoms with E-state index in [1.54, 1.807) is 11.8 Å². The van der Waals surface area contributed by atoms with Gasteiger partial charge in [0.05, 0.1) is 0 Å². The fourth-order valence-corrected chi connectivity index (χ4v) is 2.71. The largest absolute Gasteiger partial charge is 0.364 e. The molecule has 22 heavy (non-hydrogen) atoms. The van der Waals surface area contributed by atoms with Gasteiger partial charge in [0.15, 0.2) is 5.69 Å². The molecule has 3 aromatic rings. The maximum atomic E-state index is 11.5. The van der Waals surface area contributed by atoms with Gasteiger partial charge in [0.2, 0.25) is 0 Å². The maximum absolute atomic E-state index is 11.5. The molecule has 6 heteroatoms. The van der Waals surface area contributed by atoms with Gasteiger partial charge in [-0.1, -0.05) is 36.4 Å². The fourth-order valence-electron chi connectivity index (χ4n) is 2.30. The molecular weight excluding hydrogens is 296 g/mol. The van der Waals surface area contributed by atoms with E-state index < -0.39 is 5.91 Å². The first-order chi connectivity index (χ1) is 10.7. The molecular formula is C16H14N4OS. The second-order valence-electron chi connectivity index (χ2n) is 4.66. The van der Waals surface area contributed by atoms with E-state index in [4.69, 9.17) is 5.73 Å². The number of nitrogens with two attached hydrogens (primary N) is 1. The Morgan fingerprint density at radius 2 is 1.73 bits per heavy atom. The van der Waals surface area contributed by atoms with Crippen LogP contribution in [0.1, 0.15) is 10.5 Å². The minimum Gasteiger partial charge on any atom is -0.364 e. The molecule has 3 rings (SSSR count). The minimum atomic E-state index is -0.601. The van der Waals surface area contributed by atoms with Crippen molar-refractivity contribution < 1.29 is 4.79 Å². The number of primary amides is 1. The SMILES string of the molecule is CSc1ccc(-c2ccccc2-c2n[nH]nc2C(N)=O)cc1. The number of H-pyrrole nitrogens is 1. The summed E-state index contributed by atoms with van der Waals surface area (Å²) >= 11 is 1.69. The van der Waals surface area contributed by atoms with Crippen molar-refractivity contribution >= 4 is 17.7 Å². The van der Waals surface area contributed by atoms with Crippen LogP contribution < -0.4 is 5.73 Å². The van der Waals surface area contributed by atoms with Crippen LogP contribution in [0, 0.1) is 0 Å². The van der Waals surface area contributed by atoms with Gasteiger partial charge < -0.3 is 5.73 Å². The van der Waals surface area contributed by atoms with Crippen LogP contribution in [0.5, 0.6) is 0 Å². The molecule has 0 aliphatic carbocycles. The van der Waals surface area contributed by atoms with Gasteiger partial charge in [-0.2, -0.15) is 15.4 Å². The number of amides is 1. The highest BCUT2D eigenvalue weighted by Crippen LogP contribution is 2.32. The highest BCUT2D eigenvalue weighted by Gasteiger charge is 2.18. The van der Waals surface area contributed by atoms with Crippen molar-refractivity contribution in [2.75, 3.05) is 6.26 Å². The molecule has 1 heterocycles. The summed E-state index contributed by atoms with van der Waals surface area (Å²) in [6, 6.07) is 16.0. The fraction of sp³-hybridized carbons (Fsp3) is 0.0625. The zero-order valence-electron chi connectivity index (χ0n) is 11.9. The lowest BCUT2D eigenvalue weighted by Gasteiger charge is -2.09. The second kappa shape index (κ2) is 6.03. The number of thioether (sulfide) groups is 1. The van der Waals surface area contributed by atoms with Crippen molar-refractivity contribution in [3.05, 3.63) is 54.2 Å². The van der Waals surface area contributed by atoms with Crippen LogP contribution in [-0.2, 0) is 0 Å². The van der Waals surface area contributed by atoms with Crippen molar-refractivity contribution in [2.45, 2.75) is 4.90 Å². The van der Waals surface area contributed by atoms with Crippen LogP contribution in [-0.4, -0.2) is 27.6 Å². The summed E-state index contributed by atoms with van der Waals surface area (Å²) in [4.78, 5) is 12.7. The van der Waals surface area contributed by atoms with Crippen LogP contribution in [0.2, 0.25) is 0 Å². The summed E-state index contributed by atoms with van der Waals surface area (Å²) in [5.74, 6) is -0.601. The van der Waals surface area contributed by atoms with Crippen molar-refractivity contribution in [1.82, 2.24) is 15.4 Å². The lowest BCUT2D eigenvalue weighted by atomic mass is 9.97. The van der Waals surface area contributed by atoms with Crippen LogP contribution in [0.15, 0.2) is 53.4 Å². The molecule has 2 aromatic carbocycles. The lowest BCUT2D eigenvalue weighted by Crippen LogP contribution is -2.12. The highest BCUT2D eigenvalue weighted by atomic mass is 32.2. The number of carbonyl (C=O) groups is 1. The first-order valence-electron chi connectivity index (χ1n) is 6.65. The number of nitrogens with zero attached hydrogens (tertiary/aromatic N) is 2. The predicted octanol–water partition coefficient (Wildman–Crippen LogP) is 2.96. The van der Waals surface area contributed by atoms with Crippen molar-refractivity contribution in [3.8, 4) is 22.4 Å². The Bertz CT molecular complexity index is 811.